The normalized spacial score (nSPS) is 24.2. The third-order valence-corrected chi connectivity index (χ3v) is 4.57. The standard InChI is InChI=1S/C16H22N6O3/c1-21-11-18-6-12(21)8-22-5-2-16(25,14(23)9-22)10-20-15(24)13-7-17-3-4-19-13/h3-4,6-7,11,14,23,25H,2,5,8-10H2,1H3,(H,20,24)/t14-,16-/m1/s1. The van der Waals surface area contributed by atoms with Crippen LogP contribution in [0.5, 0.6) is 0 Å². The van der Waals surface area contributed by atoms with Gasteiger partial charge >= 0.3 is 0 Å². The number of imidazole rings is 1. The van der Waals surface area contributed by atoms with E-state index < -0.39 is 17.6 Å². The molecule has 2 aromatic rings. The van der Waals surface area contributed by atoms with E-state index in [4.69, 9.17) is 0 Å². The van der Waals surface area contributed by atoms with Crippen molar-refractivity contribution in [1.29, 1.82) is 0 Å². The van der Waals surface area contributed by atoms with E-state index in [9.17, 15) is 15.0 Å². The Kier molecular flexibility index (Phi) is 5.07. The molecular weight excluding hydrogens is 324 g/mol. The van der Waals surface area contributed by atoms with Gasteiger partial charge in [-0.1, -0.05) is 0 Å². The molecule has 1 saturated heterocycles. The Hall–Kier alpha value is -2.36. The number of aliphatic hydroxyl groups is 2. The number of hydrogen-bond acceptors (Lipinski definition) is 7. The number of β-amino-alcohol motifs (C(OH)–C–C–N with tert-alkyl or cyclic N) is 1. The van der Waals surface area contributed by atoms with Gasteiger partial charge < -0.3 is 20.1 Å². The molecular formula is C16H22N6O3. The summed E-state index contributed by atoms with van der Waals surface area (Å²) in [5, 5.41) is 23.7. The van der Waals surface area contributed by atoms with Crippen molar-refractivity contribution in [2.45, 2.75) is 24.7 Å². The quantitative estimate of drug-likeness (QED) is 0.632. The molecule has 0 aromatic carbocycles. The summed E-state index contributed by atoms with van der Waals surface area (Å²) in [5.41, 5.74) is -0.149. The predicted octanol–water partition coefficient (Wildman–Crippen LogP) is -1.06. The maximum absolute atomic E-state index is 12.0. The number of piperidine rings is 1. The van der Waals surface area contributed by atoms with Crippen LogP contribution in [0.3, 0.4) is 0 Å². The number of aromatic nitrogens is 4. The highest BCUT2D eigenvalue weighted by molar-refractivity contribution is 5.91. The maximum Gasteiger partial charge on any atom is 0.271 e. The lowest BCUT2D eigenvalue weighted by molar-refractivity contribution is -0.117. The average Bonchev–Trinajstić information content (AvgIpc) is 3.02. The third-order valence-electron chi connectivity index (χ3n) is 4.57. The molecule has 1 amide bonds. The van der Waals surface area contributed by atoms with Crippen LogP contribution in [0.25, 0.3) is 0 Å². The Labute approximate surface area is 145 Å². The topological polar surface area (TPSA) is 116 Å². The number of aliphatic hydroxyl groups excluding tert-OH is 1. The summed E-state index contributed by atoms with van der Waals surface area (Å²) >= 11 is 0. The fourth-order valence-electron chi connectivity index (χ4n) is 2.88. The highest BCUT2D eigenvalue weighted by Crippen LogP contribution is 2.23. The van der Waals surface area contributed by atoms with Gasteiger partial charge in [-0.05, 0) is 6.42 Å². The van der Waals surface area contributed by atoms with Gasteiger partial charge in [-0.25, -0.2) is 9.97 Å². The second kappa shape index (κ2) is 7.26. The van der Waals surface area contributed by atoms with Gasteiger partial charge in [0.25, 0.3) is 5.91 Å². The van der Waals surface area contributed by atoms with E-state index in [0.717, 1.165) is 5.69 Å². The fraction of sp³-hybridized carbons (Fsp3) is 0.500. The highest BCUT2D eigenvalue weighted by atomic mass is 16.3. The SMILES string of the molecule is Cn1cncc1CN1CC[C@@](O)(CNC(=O)c2cnccn2)[C@H](O)C1. The van der Waals surface area contributed by atoms with Crippen LogP contribution in [-0.4, -0.2) is 71.9 Å². The zero-order valence-corrected chi connectivity index (χ0v) is 14.0. The molecule has 1 aliphatic heterocycles. The smallest absolute Gasteiger partial charge is 0.271 e. The zero-order valence-electron chi connectivity index (χ0n) is 14.0. The van der Waals surface area contributed by atoms with E-state index in [1.165, 1.54) is 18.6 Å². The number of nitrogens with zero attached hydrogens (tertiary/aromatic N) is 5. The van der Waals surface area contributed by atoms with Crippen molar-refractivity contribution < 1.29 is 15.0 Å². The molecule has 3 heterocycles. The Bertz CT molecular complexity index is 722. The molecule has 0 radical (unpaired) electrons. The van der Waals surface area contributed by atoms with Crippen molar-refractivity contribution in [2.24, 2.45) is 7.05 Å². The summed E-state index contributed by atoms with van der Waals surface area (Å²) in [6, 6.07) is 0. The molecule has 134 valence electrons. The van der Waals surface area contributed by atoms with E-state index in [2.05, 4.69) is 25.2 Å². The van der Waals surface area contributed by atoms with Gasteiger partial charge in [0.15, 0.2) is 0 Å². The van der Waals surface area contributed by atoms with E-state index in [-0.39, 0.29) is 12.2 Å². The summed E-state index contributed by atoms with van der Waals surface area (Å²) < 4.78 is 1.92. The third kappa shape index (κ3) is 4.01. The predicted molar refractivity (Wildman–Crippen MR) is 88.4 cm³/mol. The minimum Gasteiger partial charge on any atom is -0.389 e. The number of hydrogen-bond donors (Lipinski definition) is 3. The van der Waals surface area contributed by atoms with Gasteiger partial charge in [-0.3, -0.25) is 14.7 Å². The lowest BCUT2D eigenvalue weighted by Gasteiger charge is -2.42. The van der Waals surface area contributed by atoms with Gasteiger partial charge in [0.1, 0.15) is 11.3 Å². The van der Waals surface area contributed by atoms with Gasteiger partial charge in [0, 0.05) is 51.8 Å². The van der Waals surface area contributed by atoms with Crippen LogP contribution in [0.1, 0.15) is 22.6 Å². The molecule has 0 aliphatic carbocycles. The van der Waals surface area contributed by atoms with Crippen molar-refractivity contribution in [3.8, 4) is 0 Å². The molecule has 0 bridgehead atoms. The molecule has 9 heteroatoms. The van der Waals surface area contributed by atoms with Crippen molar-refractivity contribution in [3.63, 3.8) is 0 Å². The summed E-state index contributed by atoms with van der Waals surface area (Å²) in [4.78, 5) is 25.9. The van der Waals surface area contributed by atoms with E-state index in [0.29, 0.717) is 26.1 Å². The second-order valence-electron chi connectivity index (χ2n) is 6.37. The van der Waals surface area contributed by atoms with Crippen LogP contribution in [0, 0.1) is 0 Å². The molecule has 0 saturated carbocycles. The van der Waals surface area contributed by atoms with Gasteiger partial charge in [-0.2, -0.15) is 0 Å². The number of nitrogens with one attached hydrogen (secondary N) is 1. The van der Waals surface area contributed by atoms with Crippen LogP contribution in [0.15, 0.2) is 31.1 Å². The van der Waals surface area contributed by atoms with Crippen LogP contribution in [-0.2, 0) is 13.6 Å². The molecule has 25 heavy (non-hydrogen) atoms. The molecule has 2 aromatic heterocycles. The van der Waals surface area contributed by atoms with Gasteiger partial charge in [0.05, 0.1) is 24.3 Å². The number of amides is 1. The van der Waals surface area contributed by atoms with Crippen LogP contribution < -0.4 is 5.32 Å². The molecule has 1 aliphatic rings. The number of carbonyl (C=O) groups excluding carboxylic acids is 1. The first-order valence-electron chi connectivity index (χ1n) is 8.10. The molecule has 1 fully saturated rings. The van der Waals surface area contributed by atoms with E-state index >= 15 is 0 Å². The number of aryl methyl sites for hydroxylation is 1. The molecule has 0 unspecified atom stereocenters. The lowest BCUT2D eigenvalue weighted by Crippen LogP contribution is -2.60. The molecule has 0 spiro atoms. The zero-order chi connectivity index (χ0) is 17.9. The Morgan fingerprint density at radius 1 is 1.40 bits per heavy atom. The van der Waals surface area contributed by atoms with Gasteiger partial charge in [-0.15, -0.1) is 0 Å². The van der Waals surface area contributed by atoms with Crippen LogP contribution in [0.4, 0.5) is 0 Å². The minimum absolute atomic E-state index is 0.0386. The van der Waals surface area contributed by atoms with Gasteiger partial charge in [0.2, 0.25) is 0 Å². The highest BCUT2D eigenvalue weighted by Gasteiger charge is 2.41. The summed E-state index contributed by atoms with van der Waals surface area (Å²) in [5.74, 6) is -0.425. The first kappa shape index (κ1) is 17.5. The minimum atomic E-state index is -1.36. The molecule has 2 atom stereocenters. The monoisotopic (exact) mass is 346 g/mol. The first-order valence-corrected chi connectivity index (χ1v) is 8.10. The van der Waals surface area contributed by atoms with Crippen molar-refractivity contribution in [2.75, 3.05) is 19.6 Å². The van der Waals surface area contributed by atoms with Crippen molar-refractivity contribution >= 4 is 5.91 Å². The van der Waals surface area contributed by atoms with Crippen LogP contribution in [0.2, 0.25) is 0 Å². The largest absolute Gasteiger partial charge is 0.389 e. The van der Waals surface area contributed by atoms with Crippen molar-refractivity contribution in [1.82, 2.24) is 29.7 Å². The lowest BCUT2D eigenvalue weighted by atomic mass is 9.88. The number of likely N-dealkylation sites (tertiary alicyclic amines) is 1. The summed E-state index contributed by atoms with van der Waals surface area (Å²) in [6.07, 6.45) is 7.17. The molecule has 9 nitrogen and oxygen atoms in total. The number of carbonyl (C=O) groups is 1. The fourth-order valence-corrected chi connectivity index (χ4v) is 2.88. The van der Waals surface area contributed by atoms with Crippen LogP contribution >= 0.6 is 0 Å². The Morgan fingerprint density at radius 2 is 2.24 bits per heavy atom. The number of rotatable bonds is 5. The summed E-state index contributed by atoms with van der Waals surface area (Å²) in [7, 11) is 1.92. The second-order valence-corrected chi connectivity index (χ2v) is 6.37. The van der Waals surface area contributed by atoms with E-state index in [1.807, 2.05) is 11.6 Å². The Balaban J connectivity index is 1.54. The van der Waals surface area contributed by atoms with Crippen molar-refractivity contribution in [3.05, 3.63) is 42.5 Å². The average molecular weight is 346 g/mol. The Morgan fingerprint density at radius 3 is 2.88 bits per heavy atom. The maximum atomic E-state index is 12.0. The summed E-state index contributed by atoms with van der Waals surface area (Å²) in [6.45, 7) is 1.54. The molecule has 3 N–H and O–H groups in total. The molecule has 3 rings (SSSR count). The first-order chi connectivity index (χ1) is 12.0. The van der Waals surface area contributed by atoms with E-state index in [1.54, 1.807) is 12.5 Å².